The van der Waals surface area contributed by atoms with Crippen LogP contribution in [0.25, 0.3) is 11.1 Å². The summed E-state index contributed by atoms with van der Waals surface area (Å²) < 4.78 is 0. The zero-order chi connectivity index (χ0) is 11.5. The van der Waals surface area contributed by atoms with Crippen molar-refractivity contribution in [3.63, 3.8) is 0 Å². The predicted molar refractivity (Wildman–Crippen MR) is 71.0 cm³/mol. The standard InChI is InChI=1S/C15H15Cl/c1-3-12-6-4-5-11(2)15(12)13-7-9-14(16)10-8-13/h4-10H,3H2,1-2H3. The fourth-order valence-electron chi connectivity index (χ4n) is 2.05. The summed E-state index contributed by atoms with van der Waals surface area (Å²) in [5.74, 6) is 0. The maximum Gasteiger partial charge on any atom is 0.0406 e. The lowest BCUT2D eigenvalue weighted by Gasteiger charge is -2.11. The predicted octanol–water partition coefficient (Wildman–Crippen LogP) is 4.88. The van der Waals surface area contributed by atoms with Gasteiger partial charge in [-0.3, -0.25) is 0 Å². The Morgan fingerprint density at radius 1 is 1.00 bits per heavy atom. The van der Waals surface area contributed by atoms with Gasteiger partial charge in [0.05, 0.1) is 0 Å². The molecule has 0 heterocycles. The van der Waals surface area contributed by atoms with Gasteiger partial charge in [-0.1, -0.05) is 48.9 Å². The van der Waals surface area contributed by atoms with E-state index >= 15 is 0 Å². The fourth-order valence-corrected chi connectivity index (χ4v) is 2.18. The molecule has 2 aromatic carbocycles. The van der Waals surface area contributed by atoms with E-state index in [4.69, 9.17) is 11.6 Å². The van der Waals surface area contributed by atoms with Crippen molar-refractivity contribution in [2.45, 2.75) is 20.3 Å². The minimum Gasteiger partial charge on any atom is -0.0843 e. The second kappa shape index (κ2) is 4.71. The molecule has 0 nitrogen and oxygen atoms in total. The molecular formula is C15H15Cl. The average Bonchev–Trinajstić information content (AvgIpc) is 2.30. The third-order valence-electron chi connectivity index (χ3n) is 2.87. The summed E-state index contributed by atoms with van der Waals surface area (Å²) in [6.45, 7) is 4.34. The normalized spacial score (nSPS) is 10.4. The fraction of sp³-hybridized carbons (Fsp3) is 0.200. The number of halogens is 1. The molecule has 0 saturated heterocycles. The summed E-state index contributed by atoms with van der Waals surface area (Å²) in [5, 5.41) is 0.787. The second-order valence-electron chi connectivity index (χ2n) is 3.97. The Hall–Kier alpha value is -1.27. The number of rotatable bonds is 2. The highest BCUT2D eigenvalue weighted by molar-refractivity contribution is 6.30. The zero-order valence-corrected chi connectivity index (χ0v) is 10.4. The SMILES string of the molecule is CCc1cccc(C)c1-c1ccc(Cl)cc1. The summed E-state index contributed by atoms with van der Waals surface area (Å²) >= 11 is 5.91. The smallest absolute Gasteiger partial charge is 0.0406 e. The molecule has 0 aliphatic heterocycles. The van der Waals surface area contributed by atoms with Crippen LogP contribution in [0.15, 0.2) is 42.5 Å². The summed E-state index contributed by atoms with van der Waals surface area (Å²) in [6.07, 6.45) is 1.06. The molecule has 0 radical (unpaired) electrons. The molecule has 0 unspecified atom stereocenters. The van der Waals surface area contributed by atoms with Crippen LogP contribution in [0.2, 0.25) is 5.02 Å². The van der Waals surface area contributed by atoms with Crippen LogP contribution in [0.3, 0.4) is 0 Å². The van der Waals surface area contributed by atoms with Crippen molar-refractivity contribution in [3.8, 4) is 11.1 Å². The Morgan fingerprint density at radius 2 is 1.69 bits per heavy atom. The van der Waals surface area contributed by atoms with Gasteiger partial charge in [-0.2, -0.15) is 0 Å². The first-order valence-corrected chi connectivity index (χ1v) is 5.94. The molecule has 0 spiro atoms. The lowest BCUT2D eigenvalue weighted by Crippen LogP contribution is -1.90. The minimum absolute atomic E-state index is 0.787. The Bertz CT molecular complexity index is 483. The molecule has 16 heavy (non-hydrogen) atoms. The molecule has 82 valence electrons. The van der Waals surface area contributed by atoms with Crippen LogP contribution >= 0.6 is 11.6 Å². The van der Waals surface area contributed by atoms with Gasteiger partial charge in [-0.25, -0.2) is 0 Å². The average molecular weight is 231 g/mol. The van der Waals surface area contributed by atoms with Crippen LogP contribution in [0, 0.1) is 6.92 Å². The number of aryl methyl sites for hydroxylation is 2. The highest BCUT2D eigenvalue weighted by atomic mass is 35.5. The van der Waals surface area contributed by atoms with Crippen LogP contribution in [-0.4, -0.2) is 0 Å². The van der Waals surface area contributed by atoms with E-state index in [9.17, 15) is 0 Å². The Morgan fingerprint density at radius 3 is 2.31 bits per heavy atom. The van der Waals surface area contributed by atoms with Gasteiger partial charge in [0.25, 0.3) is 0 Å². The van der Waals surface area contributed by atoms with Crippen LogP contribution in [-0.2, 0) is 6.42 Å². The molecule has 2 aromatic rings. The maximum atomic E-state index is 5.91. The summed E-state index contributed by atoms with van der Waals surface area (Å²) in [4.78, 5) is 0. The quantitative estimate of drug-likeness (QED) is 0.690. The van der Waals surface area contributed by atoms with E-state index in [1.54, 1.807) is 0 Å². The minimum atomic E-state index is 0.787. The van der Waals surface area contributed by atoms with E-state index < -0.39 is 0 Å². The van der Waals surface area contributed by atoms with Crippen molar-refractivity contribution in [3.05, 3.63) is 58.6 Å². The van der Waals surface area contributed by atoms with E-state index in [-0.39, 0.29) is 0 Å². The van der Waals surface area contributed by atoms with Gasteiger partial charge in [0.1, 0.15) is 0 Å². The Balaban J connectivity index is 2.58. The molecule has 2 rings (SSSR count). The van der Waals surface area contributed by atoms with Gasteiger partial charge in [0, 0.05) is 5.02 Å². The van der Waals surface area contributed by atoms with Gasteiger partial charge < -0.3 is 0 Å². The van der Waals surface area contributed by atoms with Crippen molar-refractivity contribution in [2.24, 2.45) is 0 Å². The first kappa shape index (κ1) is 11.2. The molecule has 0 fully saturated rings. The Labute approximate surface area is 102 Å². The van der Waals surface area contributed by atoms with Crippen LogP contribution in [0.1, 0.15) is 18.1 Å². The highest BCUT2D eigenvalue weighted by Gasteiger charge is 2.06. The van der Waals surface area contributed by atoms with Crippen molar-refractivity contribution < 1.29 is 0 Å². The summed E-state index contributed by atoms with van der Waals surface area (Å²) in [5.41, 5.74) is 5.31. The molecule has 0 N–H and O–H groups in total. The maximum absolute atomic E-state index is 5.91. The highest BCUT2D eigenvalue weighted by Crippen LogP contribution is 2.28. The molecule has 0 bridgehead atoms. The monoisotopic (exact) mass is 230 g/mol. The van der Waals surface area contributed by atoms with Gasteiger partial charge in [0.2, 0.25) is 0 Å². The molecule has 0 aliphatic carbocycles. The van der Waals surface area contributed by atoms with Gasteiger partial charge in [-0.05, 0) is 47.7 Å². The first-order valence-electron chi connectivity index (χ1n) is 5.57. The number of hydrogen-bond acceptors (Lipinski definition) is 0. The zero-order valence-electron chi connectivity index (χ0n) is 9.63. The summed E-state index contributed by atoms with van der Waals surface area (Å²) in [7, 11) is 0. The molecule has 0 aliphatic rings. The van der Waals surface area contributed by atoms with Crippen LogP contribution in [0.5, 0.6) is 0 Å². The Kier molecular flexibility index (Phi) is 3.31. The lowest BCUT2D eigenvalue weighted by atomic mass is 9.94. The number of hydrogen-bond donors (Lipinski definition) is 0. The third kappa shape index (κ3) is 2.12. The van der Waals surface area contributed by atoms with Crippen LogP contribution in [0.4, 0.5) is 0 Å². The second-order valence-corrected chi connectivity index (χ2v) is 4.41. The van der Waals surface area contributed by atoms with Gasteiger partial charge in [0.15, 0.2) is 0 Å². The largest absolute Gasteiger partial charge is 0.0843 e. The third-order valence-corrected chi connectivity index (χ3v) is 3.12. The van der Waals surface area contributed by atoms with Gasteiger partial charge in [-0.15, -0.1) is 0 Å². The molecule has 1 heteroatoms. The molecule has 0 amide bonds. The van der Waals surface area contributed by atoms with E-state index in [2.05, 4.69) is 44.2 Å². The molecule has 0 saturated carbocycles. The van der Waals surface area contributed by atoms with E-state index in [1.807, 2.05) is 12.1 Å². The van der Waals surface area contributed by atoms with Crippen molar-refractivity contribution >= 4 is 11.6 Å². The molecule has 0 aromatic heterocycles. The van der Waals surface area contributed by atoms with E-state index in [0.29, 0.717) is 0 Å². The van der Waals surface area contributed by atoms with E-state index in [0.717, 1.165) is 11.4 Å². The first-order chi connectivity index (χ1) is 7.72. The van der Waals surface area contributed by atoms with E-state index in [1.165, 1.54) is 22.3 Å². The topological polar surface area (TPSA) is 0 Å². The lowest BCUT2D eigenvalue weighted by molar-refractivity contribution is 1.13. The van der Waals surface area contributed by atoms with Crippen molar-refractivity contribution in [1.82, 2.24) is 0 Å². The summed E-state index contributed by atoms with van der Waals surface area (Å²) in [6, 6.07) is 14.5. The number of benzene rings is 2. The van der Waals surface area contributed by atoms with Crippen molar-refractivity contribution in [1.29, 1.82) is 0 Å². The van der Waals surface area contributed by atoms with Crippen molar-refractivity contribution in [2.75, 3.05) is 0 Å². The molecule has 0 atom stereocenters. The van der Waals surface area contributed by atoms with Gasteiger partial charge >= 0.3 is 0 Å². The molecular weight excluding hydrogens is 216 g/mol. The van der Waals surface area contributed by atoms with Crippen LogP contribution < -0.4 is 0 Å².